The van der Waals surface area contributed by atoms with Gasteiger partial charge in [0, 0.05) is 42.2 Å². The fraction of sp³-hybridized carbons (Fsp3) is 0.433. The van der Waals surface area contributed by atoms with Gasteiger partial charge in [0.2, 0.25) is 5.95 Å². The number of nitrogens with zero attached hydrogens (tertiary/aromatic N) is 7. The van der Waals surface area contributed by atoms with Crippen molar-refractivity contribution in [2.75, 3.05) is 19.0 Å². The first-order chi connectivity index (χ1) is 19.4. The lowest BCUT2D eigenvalue weighted by atomic mass is 10.0. The van der Waals surface area contributed by atoms with E-state index in [2.05, 4.69) is 17.2 Å². The molecule has 1 atom stereocenters. The van der Waals surface area contributed by atoms with Crippen LogP contribution < -0.4 is 10.1 Å². The predicted octanol–water partition coefficient (Wildman–Crippen LogP) is 5.44. The average Bonchev–Trinajstić information content (AvgIpc) is 3.50. The van der Waals surface area contributed by atoms with Gasteiger partial charge >= 0.3 is 6.09 Å². The third kappa shape index (κ3) is 6.03. The molecule has 1 aliphatic rings. The zero-order valence-electron chi connectivity index (χ0n) is 25.0. The second-order valence-electron chi connectivity index (χ2n) is 11.5. The van der Waals surface area contributed by atoms with E-state index in [1.54, 1.807) is 18.3 Å². The molecule has 0 saturated heterocycles. The monoisotopic (exact) mass is 558 g/mol. The summed E-state index contributed by atoms with van der Waals surface area (Å²) in [6.07, 6.45) is 3.96. The summed E-state index contributed by atoms with van der Waals surface area (Å²) in [5.74, 6) is 1.17. The first kappa shape index (κ1) is 28.1. The Labute approximate surface area is 240 Å². The maximum atomic E-state index is 12.9. The molecule has 3 aromatic heterocycles. The van der Waals surface area contributed by atoms with Crippen LogP contribution in [0.4, 0.5) is 16.4 Å². The molecule has 11 nitrogen and oxygen atoms in total. The van der Waals surface area contributed by atoms with Crippen molar-refractivity contribution >= 4 is 17.7 Å². The number of aryl methyl sites for hydroxylation is 3. The molecular formula is C30H38N8O3. The van der Waals surface area contributed by atoms with Crippen molar-refractivity contribution in [2.45, 2.75) is 73.1 Å². The van der Waals surface area contributed by atoms with Crippen LogP contribution in [0.2, 0.25) is 0 Å². The zero-order chi connectivity index (χ0) is 29.5. The Hall–Kier alpha value is -4.41. The number of imidazole rings is 1. The van der Waals surface area contributed by atoms with Gasteiger partial charge in [-0.25, -0.2) is 19.7 Å². The second-order valence-corrected chi connectivity index (χ2v) is 11.5. The number of anilines is 2. The molecule has 0 bridgehead atoms. The Balaban J connectivity index is 1.51. The van der Waals surface area contributed by atoms with Crippen molar-refractivity contribution in [1.29, 1.82) is 0 Å². The third-order valence-electron chi connectivity index (χ3n) is 6.98. The number of rotatable bonds is 6. The lowest BCUT2D eigenvalue weighted by Crippen LogP contribution is -2.41. The van der Waals surface area contributed by atoms with Crippen LogP contribution in [0.1, 0.15) is 67.8 Å². The largest absolute Gasteiger partial charge is 0.494 e. The molecule has 216 valence electrons. The number of carbonyl (C=O) groups is 1. The highest BCUT2D eigenvalue weighted by molar-refractivity contribution is 5.69. The molecule has 0 fully saturated rings. The van der Waals surface area contributed by atoms with Gasteiger partial charge in [-0.3, -0.25) is 4.68 Å². The first-order valence-corrected chi connectivity index (χ1v) is 13.8. The summed E-state index contributed by atoms with van der Waals surface area (Å²) in [7, 11) is 1.65. The smallest absolute Gasteiger partial charge is 0.410 e. The van der Waals surface area contributed by atoms with Crippen LogP contribution in [0.25, 0.3) is 5.69 Å². The molecule has 41 heavy (non-hydrogen) atoms. The number of benzene rings is 1. The van der Waals surface area contributed by atoms with Gasteiger partial charge in [0.15, 0.2) is 0 Å². The summed E-state index contributed by atoms with van der Waals surface area (Å²) in [5, 5.41) is 8.10. The molecule has 1 aromatic carbocycles. The Bertz CT molecular complexity index is 1580. The molecule has 0 spiro atoms. The fourth-order valence-electron chi connectivity index (χ4n) is 5.13. The quantitative estimate of drug-likeness (QED) is 0.333. The van der Waals surface area contributed by atoms with Gasteiger partial charge in [-0.15, -0.1) is 0 Å². The van der Waals surface area contributed by atoms with Crippen molar-refractivity contribution in [1.82, 2.24) is 34.2 Å². The van der Waals surface area contributed by atoms with Crippen molar-refractivity contribution in [3.8, 4) is 11.4 Å². The lowest BCUT2D eigenvalue weighted by molar-refractivity contribution is 0.0221. The van der Waals surface area contributed by atoms with E-state index in [0.717, 1.165) is 45.4 Å². The number of methoxy groups -OCH3 is 1. The van der Waals surface area contributed by atoms with Gasteiger partial charge in [-0.1, -0.05) is 0 Å². The number of carbonyl (C=O) groups excluding carboxylic acids is 1. The molecule has 4 aromatic rings. The number of nitrogens with one attached hydrogen (secondary N) is 1. The summed E-state index contributed by atoms with van der Waals surface area (Å²) in [5.41, 5.74) is 6.64. The second kappa shape index (κ2) is 10.9. The zero-order valence-corrected chi connectivity index (χ0v) is 25.0. The first-order valence-electron chi connectivity index (χ1n) is 13.8. The third-order valence-corrected chi connectivity index (χ3v) is 6.98. The minimum Gasteiger partial charge on any atom is -0.494 e. The maximum absolute atomic E-state index is 12.9. The Morgan fingerprint density at radius 3 is 2.51 bits per heavy atom. The van der Waals surface area contributed by atoms with Crippen LogP contribution >= 0.6 is 0 Å². The van der Waals surface area contributed by atoms with Crippen molar-refractivity contribution in [3.63, 3.8) is 0 Å². The molecule has 1 aliphatic heterocycles. The number of amides is 1. The minimum absolute atomic E-state index is 0.180. The van der Waals surface area contributed by atoms with Crippen molar-refractivity contribution in [3.05, 3.63) is 70.8 Å². The van der Waals surface area contributed by atoms with Gasteiger partial charge < -0.3 is 24.3 Å². The van der Waals surface area contributed by atoms with Crippen molar-refractivity contribution < 1.29 is 14.3 Å². The standard InChI is InChI=1S/C30H38N8O3/c1-18-13-20(3)38(35-18)21(4)27-23-16-36(29(39)41-30(5,6)7)12-11-24(23)33-28(34-27)32-22-9-10-25(26(14-22)40-8)37-15-19(2)31-17-37/h9-10,13-15,17,21H,11-12,16H2,1-8H3,(H,32,33,34). The summed E-state index contributed by atoms with van der Waals surface area (Å²) in [6, 6.07) is 7.72. The Morgan fingerprint density at radius 1 is 1.10 bits per heavy atom. The molecule has 1 amide bonds. The maximum Gasteiger partial charge on any atom is 0.410 e. The molecule has 0 radical (unpaired) electrons. The number of hydrogen-bond acceptors (Lipinski definition) is 8. The molecule has 11 heteroatoms. The predicted molar refractivity (Wildman–Crippen MR) is 156 cm³/mol. The SMILES string of the molecule is COc1cc(Nc2nc3c(c(C(C)n4nc(C)cc4C)n2)CN(C(=O)OC(C)(C)C)CC3)ccc1-n1cnc(C)c1. The Morgan fingerprint density at radius 2 is 1.88 bits per heavy atom. The van der Waals surface area contributed by atoms with Gasteiger partial charge in [0.05, 0.1) is 54.5 Å². The van der Waals surface area contributed by atoms with E-state index in [-0.39, 0.29) is 12.1 Å². The van der Waals surface area contributed by atoms with Crippen molar-refractivity contribution in [2.24, 2.45) is 0 Å². The normalized spacial score (nSPS) is 14.0. The van der Waals surface area contributed by atoms with E-state index in [9.17, 15) is 4.79 Å². The van der Waals surface area contributed by atoms with E-state index in [4.69, 9.17) is 24.5 Å². The average molecular weight is 559 g/mol. The van der Waals surface area contributed by atoms with E-state index >= 15 is 0 Å². The van der Waals surface area contributed by atoms with Gasteiger partial charge in [-0.2, -0.15) is 5.10 Å². The van der Waals surface area contributed by atoms with Crippen LogP contribution in [0.15, 0.2) is 36.8 Å². The van der Waals surface area contributed by atoms with Crippen LogP contribution in [-0.2, 0) is 17.7 Å². The van der Waals surface area contributed by atoms with Crippen LogP contribution in [-0.4, -0.2) is 59.5 Å². The molecule has 5 rings (SSSR count). The number of fused-ring (bicyclic) bond motifs is 1. The minimum atomic E-state index is -0.575. The van der Waals surface area contributed by atoms with E-state index in [0.29, 0.717) is 31.2 Å². The van der Waals surface area contributed by atoms with Gasteiger partial charge in [-0.05, 0) is 66.7 Å². The molecule has 1 N–H and O–H groups in total. The number of ether oxygens (including phenoxy) is 2. The molecule has 4 heterocycles. The molecule has 0 saturated carbocycles. The van der Waals surface area contributed by atoms with Gasteiger partial charge in [0.1, 0.15) is 11.4 Å². The Kier molecular flexibility index (Phi) is 7.46. The number of hydrogen-bond donors (Lipinski definition) is 1. The summed E-state index contributed by atoms with van der Waals surface area (Å²) >= 11 is 0. The highest BCUT2D eigenvalue weighted by Crippen LogP contribution is 2.32. The van der Waals surface area contributed by atoms with Crippen LogP contribution in [0, 0.1) is 20.8 Å². The summed E-state index contributed by atoms with van der Waals surface area (Å²) < 4.78 is 15.3. The molecule has 1 unspecified atom stereocenters. The van der Waals surface area contributed by atoms with Gasteiger partial charge in [0.25, 0.3) is 0 Å². The van der Waals surface area contributed by atoms with E-state index in [1.165, 1.54) is 0 Å². The van der Waals surface area contributed by atoms with E-state index in [1.807, 2.05) is 81.3 Å². The molecular weight excluding hydrogens is 520 g/mol. The molecule has 0 aliphatic carbocycles. The highest BCUT2D eigenvalue weighted by atomic mass is 16.6. The fourth-order valence-corrected chi connectivity index (χ4v) is 5.13. The van der Waals surface area contributed by atoms with Crippen LogP contribution in [0.5, 0.6) is 5.75 Å². The topological polar surface area (TPSA) is 112 Å². The number of aromatic nitrogens is 6. The van der Waals surface area contributed by atoms with Crippen LogP contribution in [0.3, 0.4) is 0 Å². The highest BCUT2D eigenvalue weighted by Gasteiger charge is 2.31. The summed E-state index contributed by atoms with van der Waals surface area (Å²) in [4.78, 5) is 28.9. The summed E-state index contributed by atoms with van der Waals surface area (Å²) in [6.45, 7) is 14.5. The lowest BCUT2D eigenvalue weighted by Gasteiger charge is -2.32. The van der Waals surface area contributed by atoms with E-state index < -0.39 is 5.60 Å².